The summed E-state index contributed by atoms with van der Waals surface area (Å²) in [6, 6.07) is 0. The normalized spacial score (nSPS) is 13.4. The molecule has 76 heavy (non-hydrogen) atoms. The monoisotopic (exact) mass is 1100 g/mol. The third-order valence-electron chi connectivity index (χ3n) is 14.4. The summed E-state index contributed by atoms with van der Waals surface area (Å²) in [6.45, 7) is 4.68. The van der Waals surface area contributed by atoms with Gasteiger partial charge in [-0.2, -0.15) is 0 Å². The number of carbonyl (C=O) groups is 3. The average Bonchev–Trinajstić information content (AvgIpc) is 3.41. The number of unbranched alkanes of at least 4 members (excludes halogenated alkanes) is 40. The molecule has 0 radical (unpaired) electrons. The van der Waals surface area contributed by atoms with Crippen LogP contribution in [0.2, 0.25) is 0 Å². The van der Waals surface area contributed by atoms with Crippen LogP contribution in [-0.4, -0.2) is 66.5 Å². The van der Waals surface area contributed by atoms with E-state index in [1.807, 2.05) is 0 Å². The number of phosphoric acid groups is 1. The number of aliphatic hydroxyl groups is 1. The third-order valence-corrected chi connectivity index (χ3v) is 15.3. The Balaban J connectivity index is 4.64. The summed E-state index contributed by atoms with van der Waals surface area (Å²) in [6.07, 6.45) is 61.3. The molecule has 11 nitrogen and oxygen atoms in total. The molecule has 12 heteroatoms. The van der Waals surface area contributed by atoms with Crippen LogP contribution in [0.15, 0.2) is 24.3 Å². The lowest BCUT2D eigenvalue weighted by Crippen LogP contribution is -2.30. The minimum Gasteiger partial charge on any atom is -0.462 e. The number of rotatable bonds is 61. The van der Waals surface area contributed by atoms with E-state index in [1.165, 1.54) is 186 Å². The predicted octanol–water partition coefficient (Wildman–Crippen LogP) is 19.4. The zero-order valence-electron chi connectivity index (χ0n) is 49.7. The standard InChI is InChI=1S/C64H121O11P/c1-4-7-10-13-16-19-22-25-28-29-30-31-34-35-38-41-44-47-50-53-62(66)71-57-61(75-64(68)55-52-49-46-43-40-37-33-27-24-21-18-15-12-9-6-3)59-73-76(69,70)72-58-60(56-65)74-63(67)54-51-48-45-42-39-36-32-26-23-20-17-14-11-8-5-2/h18,21,27,33,60-61,65H,4-17,19-20,22-26,28-32,34-59H2,1-3H3,(H,69,70)/b21-18-,33-27-. The summed E-state index contributed by atoms with van der Waals surface area (Å²) in [5, 5.41) is 9.84. The first-order valence-electron chi connectivity index (χ1n) is 32.2. The second-order valence-electron chi connectivity index (χ2n) is 21.9. The molecule has 0 amide bonds. The van der Waals surface area contributed by atoms with Crippen molar-refractivity contribution in [1.82, 2.24) is 0 Å². The lowest BCUT2D eigenvalue weighted by Gasteiger charge is -2.21. The smallest absolute Gasteiger partial charge is 0.462 e. The highest BCUT2D eigenvalue weighted by molar-refractivity contribution is 7.47. The molecule has 448 valence electrons. The maximum Gasteiger partial charge on any atom is 0.472 e. The van der Waals surface area contributed by atoms with Crippen molar-refractivity contribution < 1.29 is 52.2 Å². The molecule has 0 heterocycles. The van der Waals surface area contributed by atoms with Crippen molar-refractivity contribution in [3.05, 3.63) is 24.3 Å². The summed E-state index contributed by atoms with van der Waals surface area (Å²) < 4.78 is 39.7. The molecule has 0 aliphatic heterocycles. The minimum absolute atomic E-state index is 0.157. The fourth-order valence-electron chi connectivity index (χ4n) is 9.45. The van der Waals surface area contributed by atoms with Gasteiger partial charge < -0.3 is 24.2 Å². The molecule has 0 aliphatic carbocycles. The van der Waals surface area contributed by atoms with Crippen molar-refractivity contribution in [2.75, 3.05) is 26.4 Å². The first-order valence-corrected chi connectivity index (χ1v) is 33.7. The Morgan fingerprint density at radius 1 is 0.368 bits per heavy atom. The second kappa shape index (κ2) is 59.1. The fourth-order valence-corrected chi connectivity index (χ4v) is 10.2. The summed E-state index contributed by atoms with van der Waals surface area (Å²) >= 11 is 0. The second-order valence-corrected chi connectivity index (χ2v) is 23.4. The molecule has 0 aromatic rings. The number of ether oxygens (including phenoxy) is 3. The lowest BCUT2D eigenvalue weighted by atomic mass is 10.0. The summed E-state index contributed by atoms with van der Waals surface area (Å²) in [7, 11) is -4.75. The predicted molar refractivity (Wildman–Crippen MR) is 316 cm³/mol. The van der Waals surface area contributed by atoms with Crippen molar-refractivity contribution >= 4 is 25.7 Å². The van der Waals surface area contributed by atoms with Gasteiger partial charge in [0.1, 0.15) is 12.7 Å². The Hall–Kier alpha value is -2.04. The molecular formula is C64H121O11P. The molecule has 0 aromatic heterocycles. The summed E-state index contributed by atoms with van der Waals surface area (Å²) in [5.74, 6) is -1.45. The Morgan fingerprint density at radius 3 is 1.00 bits per heavy atom. The van der Waals surface area contributed by atoms with E-state index in [0.29, 0.717) is 19.3 Å². The molecule has 0 aliphatic rings. The van der Waals surface area contributed by atoms with E-state index in [1.54, 1.807) is 0 Å². The average molecular weight is 1100 g/mol. The van der Waals surface area contributed by atoms with E-state index in [-0.39, 0.29) is 25.9 Å². The number of phosphoric ester groups is 1. The number of esters is 3. The highest BCUT2D eigenvalue weighted by Gasteiger charge is 2.28. The van der Waals surface area contributed by atoms with E-state index in [4.69, 9.17) is 23.3 Å². The van der Waals surface area contributed by atoms with Gasteiger partial charge in [-0.1, -0.05) is 283 Å². The minimum atomic E-state index is -4.75. The van der Waals surface area contributed by atoms with Gasteiger partial charge in [0, 0.05) is 19.3 Å². The summed E-state index contributed by atoms with van der Waals surface area (Å²) in [5.41, 5.74) is 0. The van der Waals surface area contributed by atoms with Gasteiger partial charge in [-0.25, -0.2) is 4.57 Å². The fraction of sp³-hybridized carbons (Fsp3) is 0.891. The van der Waals surface area contributed by atoms with Gasteiger partial charge in [0.25, 0.3) is 0 Å². The number of carbonyl (C=O) groups excluding carboxylic acids is 3. The first-order chi connectivity index (χ1) is 37.2. The van der Waals surface area contributed by atoms with E-state index in [0.717, 1.165) is 83.5 Å². The van der Waals surface area contributed by atoms with Crippen LogP contribution in [0.3, 0.4) is 0 Å². The van der Waals surface area contributed by atoms with Crippen LogP contribution in [0.5, 0.6) is 0 Å². The largest absolute Gasteiger partial charge is 0.472 e. The van der Waals surface area contributed by atoms with E-state index in [2.05, 4.69) is 45.1 Å². The van der Waals surface area contributed by atoms with Crippen molar-refractivity contribution in [3.63, 3.8) is 0 Å². The molecule has 0 bridgehead atoms. The third kappa shape index (κ3) is 56.7. The van der Waals surface area contributed by atoms with E-state index < -0.39 is 57.8 Å². The van der Waals surface area contributed by atoms with Crippen LogP contribution in [-0.2, 0) is 42.2 Å². The molecule has 3 unspecified atom stereocenters. The quantitative estimate of drug-likeness (QED) is 0.0197. The number of hydrogen-bond acceptors (Lipinski definition) is 10. The van der Waals surface area contributed by atoms with Gasteiger partial charge in [-0.15, -0.1) is 0 Å². The SMILES string of the molecule is CCCCC/C=C\C/C=C\CCCCCCCC(=O)OC(COC(=O)CCCCCCCCCCCCCCCCCCCCC)COP(=O)(O)OCC(CO)OC(=O)CCCCCCCCCCCCCCCCC. The molecule has 3 atom stereocenters. The van der Waals surface area contributed by atoms with Crippen LogP contribution in [0.4, 0.5) is 0 Å². The topological polar surface area (TPSA) is 155 Å². The van der Waals surface area contributed by atoms with Crippen LogP contribution in [0.1, 0.15) is 329 Å². The van der Waals surface area contributed by atoms with Crippen molar-refractivity contribution in [2.24, 2.45) is 0 Å². The van der Waals surface area contributed by atoms with Gasteiger partial charge >= 0.3 is 25.7 Å². The molecular weight excluding hydrogens is 976 g/mol. The van der Waals surface area contributed by atoms with Crippen LogP contribution < -0.4 is 0 Å². The zero-order valence-corrected chi connectivity index (χ0v) is 50.6. The molecule has 0 rings (SSSR count). The Kier molecular flexibility index (Phi) is 57.5. The number of hydrogen-bond donors (Lipinski definition) is 2. The van der Waals surface area contributed by atoms with Crippen LogP contribution in [0.25, 0.3) is 0 Å². The van der Waals surface area contributed by atoms with E-state index >= 15 is 0 Å². The maximum absolute atomic E-state index is 12.9. The van der Waals surface area contributed by atoms with Gasteiger partial charge in [0.05, 0.1) is 19.8 Å². The van der Waals surface area contributed by atoms with E-state index in [9.17, 15) is 28.9 Å². The Bertz CT molecular complexity index is 1370. The number of allylic oxidation sites excluding steroid dienone is 4. The van der Waals surface area contributed by atoms with Gasteiger partial charge in [0.2, 0.25) is 0 Å². The maximum atomic E-state index is 12.9. The molecule has 0 aromatic carbocycles. The highest BCUT2D eigenvalue weighted by atomic mass is 31.2. The van der Waals surface area contributed by atoms with Crippen molar-refractivity contribution in [2.45, 2.75) is 341 Å². The summed E-state index contributed by atoms with van der Waals surface area (Å²) in [4.78, 5) is 48.7. The Morgan fingerprint density at radius 2 is 0.645 bits per heavy atom. The molecule has 0 spiro atoms. The van der Waals surface area contributed by atoms with Crippen LogP contribution in [0, 0.1) is 0 Å². The molecule has 0 saturated carbocycles. The molecule has 0 saturated heterocycles. The highest BCUT2D eigenvalue weighted by Crippen LogP contribution is 2.43. The van der Waals surface area contributed by atoms with Gasteiger partial charge in [-0.05, 0) is 51.4 Å². The van der Waals surface area contributed by atoms with Crippen molar-refractivity contribution in [1.29, 1.82) is 0 Å². The Labute approximate surface area is 468 Å². The lowest BCUT2D eigenvalue weighted by molar-refractivity contribution is -0.161. The molecule has 2 N–H and O–H groups in total. The van der Waals surface area contributed by atoms with Crippen LogP contribution >= 0.6 is 7.82 Å². The van der Waals surface area contributed by atoms with Gasteiger partial charge in [-0.3, -0.25) is 23.4 Å². The van der Waals surface area contributed by atoms with Crippen molar-refractivity contribution in [3.8, 4) is 0 Å². The first kappa shape index (κ1) is 74.0. The van der Waals surface area contributed by atoms with Gasteiger partial charge in [0.15, 0.2) is 6.10 Å². The zero-order chi connectivity index (χ0) is 55.5. The number of aliphatic hydroxyl groups excluding tert-OH is 1. The molecule has 0 fully saturated rings.